The molecule has 3 rings (SSSR count). The minimum atomic E-state index is -0.201. The van der Waals surface area contributed by atoms with Crippen LogP contribution >= 0.6 is 0 Å². The molecule has 21 heavy (non-hydrogen) atoms. The Morgan fingerprint density at radius 3 is 2.67 bits per heavy atom. The molecule has 6 nitrogen and oxygen atoms in total. The lowest BCUT2D eigenvalue weighted by Gasteiger charge is -2.26. The smallest absolute Gasteiger partial charge is 0.315 e. The van der Waals surface area contributed by atoms with Gasteiger partial charge in [-0.05, 0) is 25.0 Å². The highest BCUT2D eigenvalue weighted by molar-refractivity contribution is 5.73. The molecule has 2 heterocycles. The number of para-hydroxylation sites is 2. The number of fused-ring (bicyclic) bond motifs is 1. The molecule has 6 heteroatoms. The lowest BCUT2D eigenvalue weighted by molar-refractivity contribution is 0.0909. The molecule has 1 aromatic rings. The van der Waals surface area contributed by atoms with Gasteiger partial charge in [0.2, 0.25) is 0 Å². The summed E-state index contributed by atoms with van der Waals surface area (Å²) in [5.41, 5.74) is 0. The molecule has 1 fully saturated rings. The Morgan fingerprint density at radius 2 is 1.90 bits per heavy atom. The second-order valence-electron chi connectivity index (χ2n) is 5.22. The molecule has 0 saturated carbocycles. The third kappa shape index (κ3) is 3.78. The summed E-state index contributed by atoms with van der Waals surface area (Å²) in [6.45, 7) is 2.19. The molecule has 0 unspecified atom stereocenters. The number of urea groups is 1. The maximum Gasteiger partial charge on any atom is 0.315 e. The summed E-state index contributed by atoms with van der Waals surface area (Å²) in [4.78, 5) is 11.7. The maximum absolute atomic E-state index is 11.7. The summed E-state index contributed by atoms with van der Waals surface area (Å²) in [6, 6.07) is 7.32. The number of carbonyl (C=O) groups excluding carboxylic acids is 1. The van der Waals surface area contributed by atoms with Gasteiger partial charge in [-0.3, -0.25) is 0 Å². The SMILES string of the molecule is O=C(NC[C@@H]1CCCO1)NC[C@H]1COc2ccccc2O1. The van der Waals surface area contributed by atoms with Crippen molar-refractivity contribution in [1.82, 2.24) is 10.6 Å². The van der Waals surface area contributed by atoms with Gasteiger partial charge in [-0.2, -0.15) is 0 Å². The topological polar surface area (TPSA) is 68.8 Å². The fourth-order valence-electron chi connectivity index (χ4n) is 2.44. The van der Waals surface area contributed by atoms with E-state index in [9.17, 15) is 4.79 Å². The lowest BCUT2D eigenvalue weighted by Crippen LogP contribution is -2.45. The van der Waals surface area contributed by atoms with Gasteiger partial charge in [0.15, 0.2) is 17.6 Å². The van der Waals surface area contributed by atoms with Crippen molar-refractivity contribution in [3.8, 4) is 11.5 Å². The Labute approximate surface area is 123 Å². The van der Waals surface area contributed by atoms with Crippen LogP contribution in [0, 0.1) is 0 Å². The zero-order valence-corrected chi connectivity index (χ0v) is 11.8. The second-order valence-corrected chi connectivity index (χ2v) is 5.22. The van der Waals surface area contributed by atoms with Crippen LogP contribution in [-0.2, 0) is 4.74 Å². The van der Waals surface area contributed by atoms with Crippen molar-refractivity contribution in [1.29, 1.82) is 0 Å². The van der Waals surface area contributed by atoms with E-state index < -0.39 is 0 Å². The highest BCUT2D eigenvalue weighted by Gasteiger charge is 2.21. The first kappa shape index (κ1) is 14.0. The Kier molecular flexibility index (Phi) is 4.45. The number of benzene rings is 1. The highest BCUT2D eigenvalue weighted by atomic mass is 16.6. The van der Waals surface area contributed by atoms with Gasteiger partial charge in [0.05, 0.1) is 12.6 Å². The van der Waals surface area contributed by atoms with Crippen molar-refractivity contribution in [3.05, 3.63) is 24.3 Å². The summed E-state index contributed by atoms with van der Waals surface area (Å²) in [5, 5.41) is 5.61. The molecule has 2 N–H and O–H groups in total. The first-order valence-corrected chi connectivity index (χ1v) is 7.33. The number of hydrogen-bond donors (Lipinski definition) is 2. The Bertz CT molecular complexity index is 488. The Morgan fingerprint density at radius 1 is 1.14 bits per heavy atom. The molecular formula is C15H20N2O4. The van der Waals surface area contributed by atoms with Gasteiger partial charge < -0.3 is 24.8 Å². The summed E-state index contributed by atoms with van der Waals surface area (Å²) >= 11 is 0. The standard InChI is InChI=1S/C15H20N2O4/c18-15(16-8-11-4-3-7-19-11)17-9-12-10-20-13-5-1-2-6-14(13)21-12/h1-2,5-6,11-12H,3-4,7-10H2,(H2,16,17,18)/t11-,12-/m0/s1. The van der Waals surface area contributed by atoms with E-state index in [2.05, 4.69) is 10.6 Å². The van der Waals surface area contributed by atoms with E-state index in [0.29, 0.717) is 19.7 Å². The van der Waals surface area contributed by atoms with Crippen molar-refractivity contribution >= 4 is 6.03 Å². The van der Waals surface area contributed by atoms with Gasteiger partial charge >= 0.3 is 6.03 Å². The van der Waals surface area contributed by atoms with Gasteiger partial charge in [-0.25, -0.2) is 4.79 Å². The van der Waals surface area contributed by atoms with E-state index in [-0.39, 0.29) is 18.2 Å². The molecule has 0 aromatic heterocycles. The largest absolute Gasteiger partial charge is 0.486 e. The first-order chi connectivity index (χ1) is 10.3. The third-order valence-electron chi connectivity index (χ3n) is 3.57. The molecule has 114 valence electrons. The molecule has 2 aliphatic rings. The number of amides is 2. The van der Waals surface area contributed by atoms with E-state index in [4.69, 9.17) is 14.2 Å². The molecular weight excluding hydrogens is 272 g/mol. The van der Waals surface area contributed by atoms with E-state index in [1.807, 2.05) is 24.3 Å². The van der Waals surface area contributed by atoms with Crippen LogP contribution in [-0.4, -0.2) is 44.5 Å². The van der Waals surface area contributed by atoms with Crippen LogP contribution in [0.5, 0.6) is 11.5 Å². The van der Waals surface area contributed by atoms with Crippen LogP contribution in [0.25, 0.3) is 0 Å². The molecule has 2 atom stereocenters. The molecule has 1 aromatic carbocycles. The summed E-state index contributed by atoms with van der Waals surface area (Å²) < 4.78 is 16.8. The fourth-order valence-corrected chi connectivity index (χ4v) is 2.44. The highest BCUT2D eigenvalue weighted by Crippen LogP contribution is 2.30. The van der Waals surface area contributed by atoms with Gasteiger partial charge in [0.1, 0.15) is 6.61 Å². The second kappa shape index (κ2) is 6.67. The van der Waals surface area contributed by atoms with Crippen LogP contribution < -0.4 is 20.1 Å². The van der Waals surface area contributed by atoms with Crippen molar-refractivity contribution in [2.45, 2.75) is 25.0 Å². The molecule has 0 spiro atoms. The van der Waals surface area contributed by atoms with Crippen molar-refractivity contribution in [2.75, 3.05) is 26.3 Å². The first-order valence-electron chi connectivity index (χ1n) is 7.33. The lowest BCUT2D eigenvalue weighted by atomic mass is 10.2. The minimum Gasteiger partial charge on any atom is -0.486 e. The zero-order chi connectivity index (χ0) is 14.5. The molecule has 1 saturated heterocycles. The monoisotopic (exact) mass is 292 g/mol. The van der Waals surface area contributed by atoms with Crippen LogP contribution in [0.4, 0.5) is 4.79 Å². The van der Waals surface area contributed by atoms with Crippen LogP contribution in [0.2, 0.25) is 0 Å². The van der Waals surface area contributed by atoms with Crippen LogP contribution in [0.3, 0.4) is 0 Å². The number of nitrogens with one attached hydrogen (secondary N) is 2. The average Bonchev–Trinajstić information content (AvgIpc) is 3.04. The molecule has 0 aliphatic carbocycles. The molecule has 0 bridgehead atoms. The number of carbonyl (C=O) groups is 1. The predicted octanol–water partition coefficient (Wildman–Crippen LogP) is 1.30. The number of rotatable bonds is 4. The van der Waals surface area contributed by atoms with Gasteiger partial charge in [-0.1, -0.05) is 12.1 Å². The fraction of sp³-hybridized carbons (Fsp3) is 0.533. The van der Waals surface area contributed by atoms with E-state index >= 15 is 0 Å². The van der Waals surface area contributed by atoms with Crippen molar-refractivity contribution < 1.29 is 19.0 Å². The summed E-state index contributed by atoms with van der Waals surface area (Å²) in [5.74, 6) is 1.46. The maximum atomic E-state index is 11.7. The van der Waals surface area contributed by atoms with Gasteiger partial charge in [0.25, 0.3) is 0 Å². The van der Waals surface area contributed by atoms with Crippen molar-refractivity contribution in [2.24, 2.45) is 0 Å². The van der Waals surface area contributed by atoms with E-state index in [1.54, 1.807) is 0 Å². The quantitative estimate of drug-likeness (QED) is 0.878. The average molecular weight is 292 g/mol. The van der Waals surface area contributed by atoms with Gasteiger partial charge in [0, 0.05) is 13.2 Å². The van der Waals surface area contributed by atoms with Gasteiger partial charge in [-0.15, -0.1) is 0 Å². The van der Waals surface area contributed by atoms with Crippen molar-refractivity contribution in [3.63, 3.8) is 0 Å². The Hall–Kier alpha value is -1.95. The Balaban J connectivity index is 1.38. The minimum absolute atomic E-state index is 0.150. The summed E-state index contributed by atoms with van der Waals surface area (Å²) in [7, 11) is 0. The summed E-state index contributed by atoms with van der Waals surface area (Å²) in [6.07, 6.45) is 2.06. The molecule has 0 radical (unpaired) electrons. The molecule has 2 aliphatic heterocycles. The normalized spacial score (nSPS) is 23.6. The molecule has 2 amide bonds. The number of ether oxygens (including phenoxy) is 3. The van der Waals surface area contributed by atoms with E-state index in [1.165, 1.54) is 0 Å². The predicted molar refractivity (Wildman–Crippen MR) is 76.7 cm³/mol. The zero-order valence-electron chi connectivity index (χ0n) is 11.8. The van der Waals surface area contributed by atoms with E-state index in [0.717, 1.165) is 30.9 Å². The van der Waals surface area contributed by atoms with Crippen LogP contribution in [0.15, 0.2) is 24.3 Å². The number of hydrogen-bond acceptors (Lipinski definition) is 4. The van der Waals surface area contributed by atoms with Crippen LogP contribution in [0.1, 0.15) is 12.8 Å². The third-order valence-corrected chi connectivity index (χ3v) is 3.57.